The Kier molecular flexibility index (Phi) is 10.0. The van der Waals surface area contributed by atoms with Crippen LogP contribution in [-0.4, -0.2) is 15.0 Å². The molecule has 53 heavy (non-hydrogen) atoms. The molecule has 0 saturated carbocycles. The molecule has 0 bridgehead atoms. The maximum Gasteiger partial charge on any atom is 0.0747 e. The monoisotopic (exact) mass is 741 g/mol. The van der Waals surface area contributed by atoms with Gasteiger partial charge in [0.25, 0.3) is 0 Å². The molecule has 0 spiro atoms. The van der Waals surface area contributed by atoms with Crippen LogP contribution in [0.3, 0.4) is 0 Å². The first kappa shape index (κ1) is 34.0. The first-order valence-electron chi connectivity index (χ1n) is 18.8. The summed E-state index contributed by atoms with van der Waals surface area (Å²) < 4.78 is 0. The topological polar surface area (TPSA) is 38.7 Å². The van der Waals surface area contributed by atoms with Gasteiger partial charge in [0.2, 0.25) is 0 Å². The molecular formula is C47H41N3P2S. The summed E-state index contributed by atoms with van der Waals surface area (Å²) in [5, 5.41) is 11.0. The molecule has 10 rings (SSSR count). The van der Waals surface area contributed by atoms with Crippen LogP contribution in [0.25, 0.3) is 53.7 Å². The summed E-state index contributed by atoms with van der Waals surface area (Å²) in [6, 6.07) is 45.4. The van der Waals surface area contributed by atoms with E-state index in [1.54, 1.807) is 16.4 Å². The van der Waals surface area contributed by atoms with Gasteiger partial charge in [-0.2, -0.15) is 0 Å². The van der Waals surface area contributed by atoms with Crippen LogP contribution in [0, 0.1) is 0 Å². The summed E-state index contributed by atoms with van der Waals surface area (Å²) in [5.74, 6) is 0. The van der Waals surface area contributed by atoms with E-state index in [2.05, 4.69) is 115 Å². The predicted molar refractivity (Wildman–Crippen MR) is 227 cm³/mol. The van der Waals surface area contributed by atoms with Crippen LogP contribution in [0.2, 0.25) is 0 Å². The van der Waals surface area contributed by atoms with E-state index < -0.39 is 15.1 Å². The predicted octanol–water partition coefficient (Wildman–Crippen LogP) is 14.0. The SMILES string of the molecule is c1ccc(-p2c(-c3ccccn3)c3c(c2-c2ccccn2)CCCC3)cc1.c1ccc(-p2c(-c3ccccn3)c3c(c2-c2cccs2)CCCC3)cc1. The van der Waals surface area contributed by atoms with Gasteiger partial charge < -0.3 is 0 Å². The lowest BCUT2D eigenvalue weighted by atomic mass is 9.91. The van der Waals surface area contributed by atoms with Crippen molar-refractivity contribution in [2.45, 2.75) is 51.4 Å². The Bertz CT molecular complexity index is 2350. The highest BCUT2D eigenvalue weighted by Crippen LogP contribution is 2.63. The molecule has 260 valence electrons. The van der Waals surface area contributed by atoms with Gasteiger partial charge in [0.1, 0.15) is 0 Å². The van der Waals surface area contributed by atoms with Crippen molar-refractivity contribution in [3.63, 3.8) is 0 Å². The van der Waals surface area contributed by atoms with Crippen LogP contribution in [0.4, 0.5) is 0 Å². The lowest BCUT2D eigenvalue weighted by Gasteiger charge is -2.14. The van der Waals surface area contributed by atoms with E-state index in [0.29, 0.717) is 0 Å². The van der Waals surface area contributed by atoms with Crippen LogP contribution >= 0.6 is 26.4 Å². The summed E-state index contributed by atoms with van der Waals surface area (Å²) in [4.78, 5) is 15.8. The minimum Gasteiger partial charge on any atom is -0.256 e. The average molecular weight is 742 g/mol. The molecule has 2 aromatic carbocycles. The van der Waals surface area contributed by atoms with E-state index in [1.165, 1.54) is 86.7 Å². The molecule has 2 aliphatic carbocycles. The van der Waals surface area contributed by atoms with E-state index in [4.69, 9.17) is 15.0 Å². The van der Waals surface area contributed by atoms with Gasteiger partial charge in [-0.1, -0.05) is 100.0 Å². The van der Waals surface area contributed by atoms with E-state index in [-0.39, 0.29) is 0 Å². The van der Waals surface area contributed by atoms with E-state index >= 15 is 0 Å². The Hall–Kier alpha value is -4.85. The third-order valence-corrected chi connectivity index (χ3v) is 16.9. The second-order valence-corrected chi connectivity index (χ2v) is 18.8. The Morgan fingerprint density at radius 2 is 0.755 bits per heavy atom. The second kappa shape index (κ2) is 15.6. The molecule has 0 saturated heterocycles. The van der Waals surface area contributed by atoms with E-state index in [0.717, 1.165) is 24.2 Å². The van der Waals surface area contributed by atoms with Gasteiger partial charge in [-0.05, 0) is 132 Å². The fourth-order valence-corrected chi connectivity index (χ4v) is 15.3. The van der Waals surface area contributed by atoms with Gasteiger partial charge in [0.05, 0.1) is 17.1 Å². The van der Waals surface area contributed by atoms with Gasteiger partial charge in [-0.3, -0.25) is 15.0 Å². The number of thiophene rings is 1. The number of fused-ring (bicyclic) bond motifs is 2. The van der Waals surface area contributed by atoms with Crippen molar-refractivity contribution in [2.24, 2.45) is 0 Å². The van der Waals surface area contributed by atoms with Crippen LogP contribution in [-0.2, 0) is 25.7 Å². The molecule has 0 aliphatic heterocycles. The summed E-state index contributed by atoms with van der Waals surface area (Å²) in [6.07, 6.45) is 15.6. The molecular weight excluding hydrogens is 701 g/mol. The number of hydrogen-bond acceptors (Lipinski definition) is 4. The first-order chi connectivity index (χ1) is 26.4. The zero-order chi connectivity index (χ0) is 35.4. The third kappa shape index (κ3) is 6.66. The van der Waals surface area contributed by atoms with Crippen molar-refractivity contribution in [1.29, 1.82) is 0 Å². The molecule has 3 nitrogen and oxygen atoms in total. The molecule has 0 fully saturated rings. The maximum absolute atomic E-state index is 4.78. The van der Waals surface area contributed by atoms with Crippen molar-refractivity contribution >= 4 is 26.4 Å². The summed E-state index contributed by atoms with van der Waals surface area (Å²) in [7, 11) is -1.17. The minimum atomic E-state index is -0.636. The number of rotatable bonds is 6. The highest BCUT2D eigenvalue weighted by Gasteiger charge is 2.30. The number of hydrogen-bond donors (Lipinski definition) is 0. The average Bonchev–Trinajstić information content (AvgIpc) is 3.98. The number of nitrogens with zero attached hydrogens (tertiary/aromatic N) is 3. The molecule has 1 unspecified atom stereocenters. The lowest BCUT2D eigenvalue weighted by molar-refractivity contribution is 0.691. The van der Waals surface area contributed by atoms with Crippen molar-refractivity contribution in [3.05, 3.63) is 174 Å². The molecule has 6 heterocycles. The quantitative estimate of drug-likeness (QED) is 0.170. The third-order valence-electron chi connectivity index (χ3n) is 10.5. The number of benzene rings is 2. The van der Waals surface area contributed by atoms with Gasteiger partial charge in [0.15, 0.2) is 0 Å². The minimum absolute atomic E-state index is 0.537. The standard InChI is InChI=1S/C24H21N2P.C23H20NPS/c1-2-10-18(11-3-1)27-23(21-14-6-8-16-25-21)19-12-4-5-13-20(19)24(27)22-15-7-9-17-26-22;1-2-9-17(10-3-1)25-22(20-13-6-7-15-24-20)18-11-4-5-12-19(18)23(25)21-14-8-16-26-21/h1-3,6-11,14-17H,4-5,12-13H2;1-3,6-10,13-16H,4-5,11-12H2. The highest BCUT2D eigenvalue weighted by atomic mass is 32.1. The summed E-state index contributed by atoms with van der Waals surface area (Å²) in [6.45, 7) is 0. The van der Waals surface area contributed by atoms with Crippen LogP contribution in [0.15, 0.2) is 151 Å². The Balaban J connectivity index is 0.000000141. The lowest BCUT2D eigenvalue weighted by Crippen LogP contribution is -2.01. The zero-order valence-corrected chi connectivity index (χ0v) is 32.3. The van der Waals surface area contributed by atoms with Crippen LogP contribution in [0.5, 0.6) is 0 Å². The van der Waals surface area contributed by atoms with Gasteiger partial charge >= 0.3 is 0 Å². The molecule has 0 N–H and O–H groups in total. The van der Waals surface area contributed by atoms with Gasteiger partial charge in [-0.25, -0.2) is 0 Å². The van der Waals surface area contributed by atoms with Crippen molar-refractivity contribution < 1.29 is 0 Å². The summed E-state index contributed by atoms with van der Waals surface area (Å²) >= 11 is 1.88. The van der Waals surface area contributed by atoms with Crippen molar-refractivity contribution in [1.82, 2.24) is 15.0 Å². The molecule has 0 radical (unpaired) electrons. The van der Waals surface area contributed by atoms with E-state index in [1.807, 2.05) is 48.1 Å². The fraction of sp³-hybridized carbons (Fsp3) is 0.170. The van der Waals surface area contributed by atoms with Crippen LogP contribution in [0.1, 0.15) is 47.9 Å². The molecule has 6 aromatic heterocycles. The first-order valence-corrected chi connectivity index (χ1v) is 22.3. The molecule has 6 heteroatoms. The molecule has 8 aromatic rings. The van der Waals surface area contributed by atoms with Crippen molar-refractivity contribution in [3.8, 4) is 53.7 Å². The van der Waals surface area contributed by atoms with Gasteiger partial charge in [-0.15, -0.1) is 11.3 Å². The molecule has 1 atom stereocenters. The van der Waals surface area contributed by atoms with Gasteiger partial charge in [0, 0.05) is 44.6 Å². The zero-order valence-electron chi connectivity index (χ0n) is 29.7. The summed E-state index contributed by atoms with van der Waals surface area (Å²) in [5.41, 5.74) is 9.72. The van der Waals surface area contributed by atoms with E-state index in [9.17, 15) is 0 Å². The highest BCUT2D eigenvalue weighted by molar-refractivity contribution is 7.64. The Morgan fingerprint density at radius 3 is 1.11 bits per heavy atom. The smallest absolute Gasteiger partial charge is 0.0747 e. The Morgan fingerprint density at radius 1 is 0.377 bits per heavy atom. The maximum atomic E-state index is 4.78. The molecule has 0 amide bonds. The molecule has 2 aliphatic rings. The second-order valence-electron chi connectivity index (χ2n) is 13.7. The van der Waals surface area contributed by atoms with Crippen LogP contribution < -0.4 is 0 Å². The normalized spacial score (nSPS) is 13.8. The van der Waals surface area contributed by atoms with Crippen molar-refractivity contribution in [2.75, 3.05) is 0 Å². The number of aromatic nitrogens is 3. The Labute approximate surface area is 318 Å². The number of pyridine rings is 3. The fourth-order valence-electron chi connectivity index (χ4n) is 8.28. The largest absolute Gasteiger partial charge is 0.256 e.